The number of fused-ring (bicyclic) bond motifs is 8. The van der Waals surface area contributed by atoms with E-state index in [-0.39, 0.29) is 13.4 Å². The number of hydrogen-bond donors (Lipinski definition) is 0. The lowest BCUT2D eigenvalue weighted by atomic mass is 9.32. The summed E-state index contributed by atoms with van der Waals surface area (Å²) in [5.41, 5.74) is 15.5. The number of ether oxygens (including phenoxy) is 1. The zero-order chi connectivity index (χ0) is 35.3. The molecule has 1 nitrogen and oxygen atoms in total. The predicted octanol–water partition coefficient (Wildman–Crippen LogP) is 9.22. The van der Waals surface area contributed by atoms with E-state index in [1.807, 2.05) is 35.3 Å². The fourth-order valence-corrected chi connectivity index (χ4v) is 12.6. The van der Waals surface area contributed by atoms with Gasteiger partial charge < -0.3 is 4.74 Å². The summed E-state index contributed by atoms with van der Waals surface area (Å²) < 4.78 is 7.14. The molecule has 0 aromatic heterocycles. The Hall–Kier alpha value is -5.26. The van der Waals surface area contributed by atoms with Crippen molar-refractivity contribution in [1.29, 1.82) is 0 Å². The summed E-state index contributed by atoms with van der Waals surface area (Å²) in [4.78, 5) is 7.90. The molecular formula is C48H28B2OS3. The topological polar surface area (TPSA) is 9.23 Å². The lowest BCUT2D eigenvalue weighted by Crippen LogP contribution is -2.62. The Kier molecular flexibility index (Phi) is 6.99. The van der Waals surface area contributed by atoms with Gasteiger partial charge in [-0.3, -0.25) is 0 Å². The van der Waals surface area contributed by atoms with E-state index in [2.05, 4.69) is 170 Å². The van der Waals surface area contributed by atoms with Crippen LogP contribution in [0.2, 0.25) is 0 Å². The molecule has 0 saturated carbocycles. The Labute approximate surface area is 328 Å². The first-order chi connectivity index (χ1) is 26.7. The normalized spacial score (nSPS) is 13.8. The van der Waals surface area contributed by atoms with Gasteiger partial charge in [-0.1, -0.05) is 179 Å². The molecule has 4 heterocycles. The minimum Gasteiger partial charge on any atom is -0.458 e. The highest BCUT2D eigenvalue weighted by molar-refractivity contribution is 8.01. The summed E-state index contributed by atoms with van der Waals surface area (Å²) in [7, 11) is 0. The van der Waals surface area contributed by atoms with Gasteiger partial charge in [0.2, 0.25) is 6.71 Å². The molecule has 8 aromatic carbocycles. The van der Waals surface area contributed by atoms with E-state index in [0.717, 1.165) is 11.5 Å². The maximum Gasteiger partial charge on any atom is 0.253 e. The van der Waals surface area contributed by atoms with Gasteiger partial charge in [-0.2, -0.15) is 0 Å². The van der Waals surface area contributed by atoms with Crippen molar-refractivity contribution < 1.29 is 4.74 Å². The van der Waals surface area contributed by atoms with Gasteiger partial charge in [0.1, 0.15) is 11.5 Å². The van der Waals surface area contributed by atoms with Crippen molar-refractivity contribution in [2.45, 2.75) is 29.4 Å². The van der Waals surface area contributed by atoms with Crippen molar-refractivity contribution in [2.24, 2.45) is 0 Å². The molecule has 12 rings (SSSR count). The van der Waals surface area contributed by atoms with Gasteiger partial charge in [0.15, 0.2) is 0 Å². The Morgan fingerprint density at radius 3 is 1.52 bits per heavy atom. The number of benzene rings is 8. The fourth-order valence-electron chi connectivity index (χ4n) is 8.94. The highest BCUT2D eigenvalue weighted by atomic mass is 32.2. The zero-order valence-corrected chi connectivity index (χ0v) is 31.4. The summed E-state index contributed by atoms with van der Waals surface area (Å²) in [6, 6.07) is 62.7. The first-order valence-electron chi connectivity index (χ1n) is 18.4. The molecule has 0 bridgehead atoms. The molecule has 4 aliphatic heterocycles. The average Bonchev–Trinajstić information content (AvgIpc) is 3.23. The van der Waals surface area contributed by atoms with Crippen LogP contribution in [0.3, 0.4) is 0 Å². The predicted molar refractivity (Wildman–Crippen MR) is 230 cm³/mol. The molecule has 0 saturated heterocycles. The average molecular weight is 739 g/mol. The summed E-state index contributed by atoms with van der Waals surface area (Å²) in [5, 5.41) is 0. The summed E-state index contributed by atoms with van der Waals surface area (Å²) in [6.07, 6.45) is 0. The van der Waals surface area contributed by atoms with Gasteiger partial charge in [0, 0.05) is 29.4 Å². The second-order valence-corrected chi connectivity index (χ2v) is 17.6. The first-order valence-corrected chi connectivity index (χ1v) is 20.8. The van der Waals surface area contributed by atoms with E-state index in [0.29, 0.717) is 0 Å². The molecule has 4 aliphatic rings. The highest BCUT2D eigenvalue weighted by Crippen LogP contribution is 2.45. The second-order valence-electron chi connectivity index (χ2n) is 14.3. The van der Waals surface area contributed by atoms with Gasteiger partial charge in [0.25, 0.3) is 6.71 Å². The molecular weight excluding hydrogens is 710 g/mol. The monoisotopic (exact) mass is 738 g/mol. The van der Waals surface area contributed by atoms with Crippen molar-refractivity contribution >= 4 is 81.5 Å². The quantitative estimate of drug-likeness (QED) is 0.167. The molecule has 0 atom stereocenters. The van der Waals surface area contributed by atoms with Crippen molar-refractivity contribution in [3.05, 3.63) is 170 Å². The molecule has 0 N–H and O–H groups in total. The lowest BCUT2D eigenvalue weighted by molar-refractivity contribution is 0.485. The van der Waals surface area contributed by atoms with Crippen LogP contribution in [0.25, 0.3) is 33.4 Å². The number of rotatable bonds is 3. The van der Waals surface area contributed by atoms with Gasteiger partial charge >= 0.3 is 0 Å². The van der Waals surface area contributed by atoms with Crippen LogP contribution >= 0.6 is 35.3 Å². The third kappa shape index (κ3) is 4.73. The largest absolute Gasteiger partial charge is 0.458 e. The summed E-state index contributed by atoms with van der Waals surface area (Å²) in [6.45, 7) is 0.240. The maximum absolute atomic E-state index is 7.14. The van der Waals surface area contributed by atoms with E-state index in [4.69, 9.17) is 4.74 Å². The molecule has 54 heavy (non-hydrogen) atoms. The smallest absolute Gasteiger partial charge is 0.253 e. The highest BCUT2D eigenvalue weighted by Gasteiger charge is 2.43. The van der Waals surface area contributed by atoms with Gasteiger partial charge in [-0.15, -0.1) is 0 Å². The minimum absolute atomic E-state index is 0.0828. The van der Waals surface area contributed by atoms with Gasteiger partial charge in [-0.05, 0) is 92.2 Å². The van der Waals surface area contributed by atoms with E-state index in [1.165, 1.54) is 95.5 Å². The van der Waals surface area contributed by atoms with Crippen LogP contribution in [0.5, 0.6) is 11.5 Å². The Morgan fingerprint density at radius 1 is 0.315 bits per heavy atom. The first kappa shape index (κ1) is 31.1. The summed E-state index contributed by atoms with van der Waals surface area (Å²) >= 11 is 5.69. The standard InChI is InChI=1S/C48H28B2OS3/c1-3-13-29(14-4-1)31-24-45-48-46(25-31)54-43-28-39-37(27-38(43)50(48)36-20-10-12-22-42(36)53-45)49-35-19-9-11-21-41(35)52-44-26-32(23-40(51-39)47(44)49)34-18-8-7-17-33(34)30-15-5-2-6-16-30/h1-28H. The van der Waals surface area contributed by atoms with E-state index < -0.39 is 0 Å². The Balaban J connectivity index is 1.06. The number of hydrogen-bond acceptors (Lipinski definition) is 4. The molecule has 0 aliphatic carbocycles. The molecule has 0 fully saturated rings. The second kappa shape index (κ2) is 12.1. The lowest BCUT2D eigenvalue weighted by Gasteiger charge is -2.37. The van der Waals surface area contributed by atoms with Crippen LogP contribution < -0.4 is 37.5 Å². The molecule has 0 amide bonds. The van der Waals surface area contributed by atoms with E-state index in [9.17, 15) is 0 Å². The van der Waals surface area contributed by atoms with Gasteiger partial charge in [0.05, 0.1) is 0 Å². The maximum atomic E-state index is 7.14. The van der Waals surface area contributed by atoms with Crippen molar-refractivity contribution in [2.75, 3.05) is 0 Å². The van der Waals surface area contributed by atoms with E-state index in [1.54, 1.807) is 0 Å². The Bertz CT molecular complexity index is 2860. The van der Waals surface area contributed by atoms with E-state index >= 15 is 0 Å². The molecule has 8 aromatic rings. The minimum atomic E-state index is 0.0828. The summed E-state index contributed by atoms with van der Waals surface area (Å²) in [5.74, 6) is 1.92. The molecule has 0 spiro atoms. The van der Waals surface area contributed by atoms with Crippen LogP contribution in [0.15, 0.2) is 199 Å². The van der Waals surface area contributed by atoms with Crippen LogP contribution in [-0.4, -0.2) is 13.4 Å². The molecule has 6 heteroatoms. The van der Waals surface area contributed by atoms with Crippen LogP contribution in [0.1, 0.15) is 0 Å². The molecule has 0 radical (unpaired) electrons. The van der Waals surface area contributed by atoms with Gasteiger partial charge in [-0.25, -0.2) is 0 Å². The zero-order valence-electron chi connectivity index (χ0n) is 29.0. The SMILES string of the molecule is c1ccc(-c2cc3c4c(c2)Sc2cc5c(cc2B4c2ccccc2S3)B2c3ccccc3Sc3cc(-c4ccccc4-c4ccccc4)cc(c32)O5)cc1. The molecule has 250 valence electrons. The fraction of sp³-hybridized carbons (Fsp3) is 0. The van der Waals surface area contributed by atoms with Crippen LogP contribution in [-0.2, 0) is 0 Å². The van der Waals surface area contributed by atoms with Crippen molar-refractivity contribution in [1.82, 2.24) is 0 Å². The van der Waals surface area contributed by atoms with Crippen LogP contribution in [0.4, 0.5) is 0 Å². The van der Waals surface area contributed by atoms with Crippen molar-refractivity contribution in [3.8, 4) is 44.9 Å². The Morgan fingerprint density at radius 2 is 0.833 bits per heavy atom. The van der Waals surface area contributed by atoms with Crippen molar-refractivity contribution in [3.63, 3.8) is 0 Å². The van der Waals surface area contributed by atoms with Crippen LogP contribution in [0, 0.1) is 0 Å². The third-order valence-electron chi connectivity index (χ3n) is 11.3. The molecule has 0 unspecified atom stereocenters. The third-order valence-corrected chi connectivity index (χ3v) is 14.7.